The average Bonchev–Trinajstić information content (AvgIpc) is 2.98. The molecule has 1 aromatic carbocycles. The summed E-state index contributed by atoms with van der Waals surface area (Å²) in [6.45, 7) is 2.44. The Bertz CT molecular complexity index is 628. The summed E-state index contributed by atoms with van der Waals surface area (Å²) in [7, 11) is 0. The molecule has 0 radical (unpaired) electrons. The van der Waals surface area contributed by atoms with Crippen LogP contribution in [0.4, 0.5) is 16.2 Å². The molecular formula is C13H13N5O2. The number of nitrogens with zero attached hydrogens (tertiary/aromatic N) is 5. The van der Waals surface area contributed by atoms with E-state index in [1.807, 2.05) is 6.92 Å². The van der Waals surface area contributed by atoms with Gasteiger partial charge in [-0.1, -0.05) is 17.2 Å². The lowest BCUT2D eigenvalue weighted by molar-refractivity contribution is -0.119. The smallest absolute Gasteiger partial charge is 0.312 e. The van der Waals surface area contributed by atoms with Gasteiger partial charge in [0.15, 0.2) is 0 Å². The molecule has 20 heavy (non-hydrogen) atoms. The summed E-state index contributed by atoms with van der Waals surface area (Å²) >= 11 is 0. The summed E-state index contributed by atoms with van der Waals surface area (Å²) in [5, 5.41) is 3.52. The number of azide groups is 1. The summed E-state index contributed by atoms with van der Waals surface area (Å²) in [6, 6.07) is 4.37. The Morgan fingerprint density at radius 1 is 1.40 bits per heavy atom. The van der Waals surface area contributed by atoms with Crippen molar-refractivity contribution in [2.75, 3.05) is 11.4 Å². The van der Waals surface area contributed by atoms with Crippen LogP contribution < -0.4 is 4.90 Å². The molecule has 1 atom stereocenters. The van der Waals surface area contributed by atoms with E-state index in [0.29, 0.717) is 17.9 Å². The largest absolute Gasteiger partial charge is 0.332 e. The molecule has 2 aliphatic rings. The van der Waals surface area contributed by atoms with Gasteiger partial charge in [-0.2, -0.15) is 0 Å². The summed E-state index contributed by atoms with van der Waals surface area (Å²) in [5.41, 5.74) is 10.2. The molecule has 0 spiro atoms. The monoisotopic (exact) mass is 271 g/mol. The minimum absolute atomic E-state index is 0.186. The molecule has 1 unspecified atom stereocenters. The standard InChI is InChI=1S/C13H13N5O2/c1-8-4-5-9(15-16-14)7-11(8)18-12(19)10-3-2-6-17(10)13(18)20/h4-5,7,10H,2-3,6H2,1H3. The van der Waals surface area contributed by atoms with E-state index in [1.54, 1.807) is 23.1 Å². The first-order valence-electron chi connectivity index (χ1n) is 6.44. The zero-order chi connectivity index (χ0) is 14.3. The minimum Gasteiger partial charge on any atom is -0.312 e. The number of fused-ring (bicyclic) bond motifs is 1. The predicted octanol–water partition coefficient (Wildman–Crippen LogP) is 2.87. The Hall–Kier alpha value is -2.53. The molecule has 2 heterocycles. The number of rotatable bonds is 2. The van der Waals surface area contributed by atoms with Crippen molar-refractivity contribution in [2.45, 2.75) is 25.8 Å². The van der Waals surface area contributed by atoms with Crippen LogP contribution in [0.15, 0.2) is 23.3 Å². The van der Waals surface area contributed by atoms with E-state index in [0.717, 1.165) is 18.4 Å². The van der Waals surface area contributed by atoms with Crippen LogP contribution in [-0.2, 0) is 4.79 Å². The Labute approximate surface area is 115 Å². The molecule has 0 aliphatic carbocycles. The zero-order valence-electron chi connectivity index (χ0n) is 11.0. The molecule has 2 saturated heterocycles. The van der Waals surface area contributed by atoms with Crippen molar-refractivity contribution in [3.05, 3.63) is 34.2 Å². The highest BCUT2D eigenvalue weighted by Crippen LogP contribution is 2.34. The summed E-state index contributed by atoms with van der Waals surface area (Å²) < 4.78 is 0. The van der Waals surface area contributed by atoms with Crippen molar-refractivity contribution < 1.29 is 9.59 Å². The van der Waals surface area contributed by atoms with Crippen molar-refractivity contribution in [2.24, 2.45) is 5.11 Å². The third-order valence-corrected chi connectivity index (χ3v) is 3.79. The van der Waals surface area contributed by atoms with E-state index in [-0.39, 0.29) is 18.0 Å². The second kappa shape index (κ2) is 4.54. The van der Waals surface area contributed by atoms with Crippen molar-refractivity contribution in [3.63, 3.8) is 0 Å². The normalized spacial score (nSPS) is 21.1. The van der Waals surface area contributed by atoms with Gasteiger partial charge in [-0.3, -0.25) is 4.79 Å². The van der Waals surface area contributed by atoms with Crippen molar-refractivity contribution in [1.82, 2.24) is 4.90 Å². The topological polar surface area (TPSA) is 89.4 Å². The first-order chi connectivity index (χ1) is 9.63. The third-order valence-electron chi connectivity index (χ3n) is 3.79. The minimum atomic E-state index is -0.329. The molecule has 0 bridgehead atoms. The lowest BCUT2D eigenvalue weighted by Gasteiger charge is -2.18. The summed E-state index contributed by atoms with van der Waals surface area (Å²) in [6.07, 6.45) is 1.59. The van der Waals surface area contributed by atoms with Gasteiger partial charge in [0, 0.05) is 17.1 Å². The molecule has 0 N–H and O–H groups in total. The fraction of sp³-hybridized carbons (Fsp3) is 0.385. The number of benzene rings is 1. The van der Waals surface area contributed by atoms with Crippen LogP contribution >= 0.6 is 0 Å². The van der Waals surface area contributed by atoms with Gasteiger partial charge in [0.05, 0.1) is 5.69 Å². The first kappa shape index (κ1) is 12.5. The number of aryl methyl sites for hydroxylation is 1. The third kappa shape index (κ3) is 1.71. The first-order valence-corrected chi connectivity index (χ1v) is 6.44. The Morgan fingerprint density at radius 3 is 2.90 bits per heavy atom. The number of carbonyl (C=O) groups is 2. The molecule has 3 amide bonds. The van der Waals surface area contributed by atoms with Crippen molar-refractivity contribution in [3.8, 4) is 0 Å². The van der Waals surface area contributed by atoms with Gasteiger partial charge in [-0.05, 0) is 36.9 Å². The van der Waals surface area contributed by atoms with Gasteiger partial charge in [0.25, 0.3) is 5.91 Å². The lowest BCUT2D eigenvalue weighted by atomic mass is 10.1. The van der Waals surface area contributed by atoms with E-state index in [4.69, 9.17) is 5.53 Å². The van der Waals surface area contributed by atoms with E-state index in [9.17, 15) is 9.59 Å². The van der Waals surface area contributed by atoms with Gasteiger partial charge >= 0.3 is 6.03 Å². The Kier molecular flexibility index (Phi) is 2.84. The van der Waals surface area contributed by atoms with Crippen LogP contribution in [0.25, 0.3) is 10.4 Å². The maximum Gasteiger partial charge on any atom is 0.332 e. The molecule has 3 rings (SSSR count). The van der Waals surface area contributed by atoms with Crippen LogP contribution in [0.1, 0.15) is 18.4 Å². The van der Waals surface area contributed by atoms with Gasteiger partial charge in [0.2, 0.25) is 0 Å². The SMILES string of the molecule is Cc1ccc(N=[N+]=[N-])cc1N1C(=O)C2CCCN2C1=O. The molecule has 2 fully saturated rings. The molecule has 2 aliphatic heterocycles. The second-order valence-corrected chi connectivity index (χ2v) is 4.97. The molecule has 1 aromatic rings. The molecular weight excluding hydrogens is 258 g/mol. The average molecular weight is 271 g/mol. The Morgan fingerprint density at radius 2 is 2.20 bits per heavy atom. The van der Waals surface area contributed by atoms with E-state index in [1.165, 1.54) is 4.90 Å². The number of anilines is 1. The number of hydrogen-bond acceptors (Lipinski definition) is 3. The predicted molar refractivity (Wildman–Crippen MR) is 72.6 cm³/mol. The molecule has 7 heteroatoms. The Balaban J connectivity index is 2.05. The van der Waals surface area contributed by atoms with Gasteiger partial charge in [-0.25, -0.2) is 9.69 Å². The van der Waals surface area contributed by atoms with E-state index < -0.39 is 0 Å². The van der Waals surface area contributed by atoms with E-state index in [2.05, 4.69) is 10.0 Å². The summed E-state index contributed by atoms with van der Waals surface area (Å²) in [4.78, 5) is 30.3. The number of hydrogen-bond donors (Lipinski definition) is 0. The summed E-state index contributed by atoms with van der Waals surface area (Å²) in [5.74, 6) is -0.186. The number of urea groups is 1. The lowest BCUT2D eigenvalue weighted by Crippen LogP contribution is -2.33. The van der Waals surface area contributed by atoms with Gasteiger partial charge in [0.1, 0.15) is 6.04 Å². The van der Waals surface area contributed by atoms with Gasteiger partial charge in [-0.15, -0.1) is 0 Å². The number of imide groups is 1. The maximum absolute atomic E-state index is 12.4. The van der Waals surface area contributed by atoms with Crippen LogP contribution in [0.5, 0.6) is 0 Å². The molecule has 7 nitrogen and oxygen atoms in total. The van der Waals surface area contributed by atoms with Crippen molar-refractivity contribution in [1.29, 1.82) is 0 Å². The van der Waals surface area contributed by atoms with Crippen LogP contribution in [0.3, 0.4) is 0 Å². The highest BCUT2D eigenvalue weighted by molar-refractivity contribution is 6.22. The van der Waals surface area contributed by atoms with Crippen LogP contribution in [0, 0.1) is 6.92 Å². The highest BCUT2D eigenvalue weighted by atomic mass is 16.2. The number of amides is 3. The molecule has 0 aromatic heterocycles. The molecule has 102 valence electrons. The van der Waals surface area contributed by atoms with Crippen LogP contribution in [-0.4, -0.2) is 29.4 Å². The number of carbonyl (C=O) groups excluding carboxylic acids is 2. The second-order valence-electron chi connectivity index (χ2n) is 4.97. The molecule has 0 saturated carbocycles. The quantitative estimate of drug-likeness (QED) is 0.358. The fourth-order valence-electron chi connectivity index (χ4n) is 2.80. The van der Waals surface area contributed by atoms with Crippen LogP contribution in [0.2, 0.25) is 0 Å². The fourth-order valence-corrected chi connectivity index (χ4v) is 2.80. The maximum atomic E-state index is 12.4. The van der Waals surface area contributed by atoms with Crippen molar-refractivity contribution >= 4 is 23.3 Å². The van der Waals surface area contributed by atoms with Gasteiger partial charge < -0.3 is 4.90 Å². The van der Waals surface area contributed by atoms with E-state index >= 15 is 0 Å². The highest BCUT2D eigenvalue weighted by Gasteiger charge is 2.48. The zero-order valence-corrected chi connectivity index (χ0v) is 11.0.